The number of hydrogen-bond acceptors (Lipinski definition) is 4. The average Bonchev–Trinajstić information content (AvgIpc) is 2.38. The molecule has 19 heavy (non-hydrogen) atoms. The van der Waals surface area contributed by atoms with Crippen molar-refractivity contribution in [2.24, 2.45) is 5.73 Å². The van der Waals surface area contributed by atoms with Crippen molar-refractivity contribution in [2.75, 3.05) is 32.1 Å². The van der Waals surface area contributed by atoms with Gasteiger partial charge in [-0.25, -0.2) is 4.98 Å². The van der Waals surface area contributed by atoms with Gasteiger partial charge in [-0.2, -0.15) is 0 Å². The molecule has 1 aromatic rings. The first-order chi connectivity index (χ1) is 9.08. The molecule has 4 heteroatoms. The first-order valence-corrected chi connectivity index (χ1v) is 7.18. The van der Waals surface area contributed by atoms with E-state index in [1.165, 1.54) is 24.9 Å². The predicted octanol–water partition coefficient (Wildman–Crippen LogP) is 1.50. The molecule has 2 atom stereocenters. The van der Waals surface area contributed by atoms with Gasteiger partial charge in [0.05, 0.1) is 0 Å². The zero-order valence-corrected chi connectivity index (χ0v) is 12.3. The second-order valence-corrected chi connectivity index (χ2v) is 5.84. The summed E-state index contributed by atoms with van der Waals surface area (Å²) in [5.41, 5.74) is 7.20. The van der Waals surface area contributed by atoms with E-state index >= 15 is 0 Å². The molecule has 1 aliphatic heterocycles. The van der Waals surface area contributed by atoms with Crippen molar-refractivity contribution >= 4 is 5.82 Å². The summed E-state index contributed by atoms with van der Waals surface area (Å²) in [7, 11) is 4.36. The highest BCUT2D eigenvalue weighted by Crippen LogP contribution is 2.23. The summed E-state index contributed by atoms with van der Waals surface area (Å²) in [4.78, 5) is 9.33. The minimum atomic E-state index is 0.172. The Morgan fingerprint density at radius 1 is 1.58 bits per heavy atom. The summed E-state index contributed by atoms with van der Waals surface area (Å²) in [6.45, 7) is 4.37. The van der Waals surface area contributed by atoms with Crippen LogP contribution in [-0.4, -0.2) is 49.2 Å². The van der Waals surface area contributed by atoms with Crippen LogP contribution in [0, 0.1) is 0 Å². The van der Waals surface area contributed by atoms with E-state index in [4.69, 9.17) is 5.73 Å². The lowest BCUT2D eigenvalue weighted by Gasteiger charge is -2.37. The quantitative estimate of drug-likeness (QED) is 0.893. The molecule has 0 radical (unpaired) electrons. The normalized spacial score (nSPS) is 22.2. The lowest BCUT2D eigenvalue weighted by molar-refractivity contribution is 0.247. The van der Waals surface area contributed by atoms with Crippen LogP contribution < -0.4 is 10.6 Å². The van der Waals surface area contributed by atoms with Crippen LogP contribution in [0.25, 0.3) is 0 Å². The third kappa shape index (κ3) is 3.67. The van der Waals surface area contributed by atoms with E-state index in [9.17, 15) is 0 Å². The van der Waals surface area contributed by atoms with Crippen LogP contribution >= 0.6 is 0 Å². The summed E-state index contributed by atoms with van der Waals surface area (Å²) < 4.78 is 0. The topological polar surface area (TPSA) is 45.4 Å². The molecule has 2 N–H and O–H groups in total. The molecule has 4 nitrogen and oxygen atoms in total. The zero-order chi connectivity index (χ0) is 13.8. The van der Waals surface area contributed by atoms with Gasteiger partial charge in [-0.1, -0.05) is 6.07 Å². The van der Waals surface area contributed by atoms with Crippen LogP contribution in [0.4, 0.5) is 5.82 Å². The number of anilines is 1. The molecular weight excluding hydrogens is 236 g/mol. The van der Waals surface area contributed by atoms with Crippen LogP contribution in [0.3, 0.4) is 0 Å². The van der Waals surface area contributed by atoms with Gasteiger partial charge in [0.15, 0.2) is 0 Å². The average molecular weight is 262 g/mol. The van der Waals surface area contributed by atoms with Crippen LogP contribution in [0.15, 0.2) is 18.3 Å². The number of likely N-dealkylation sites (N-methyl/N-ethyl adjacent to an activating group) is 2. The van der Waals surface area contributed by atoms with Gasteiger partial charge in [-0.05, 0) is 51.4 Å². The van der Waals surface area contributed by atoms with Gasteiger partial charge in [0.1, 0.15) is 5.82 Å². The fourth-order valence-electron chi connectivity index (χ4n) is 2.88. The number of piperidine rings is 1. The van der Waals surface area contributed by atoms with Gasteiger partial charge in [-0.15, -0.1) is 0 Å². The largest absolute Gasteiger partial charge is 0.355 e. The molecule has 1 saturated heterocycles. The van der Waals surface area contributed by atoms with E-state index in [0.29, 0.717) is 6.04 Å². The van der Waals surface area contributed by atoms with Crippen molar-refractivity contribution in [1.29, 1.82) is 0 Å². The number of rotatable bonds is 4. The Hall–Kier alpha value is -1.13. The van der Waals surface area contributed by atoms with E-state index in [0.717, 1.165) is 18.8 Å². The van der Waals surface area contributed by atoms with Crippen molar-refractivity contribution < 1.29 is 0 Å². The number of nitrogens with zero attached hydrogens (tertiary/aromatic N) is 3. The van der Waals surface area contributed by atoms with E-state index in [1.54, 1.807) is 0 Å². The zero-order valence-electron chi connectivity index (χ0n) is 12.3. The van der Waals surface area contributed by atoms with Crippen molar-refractivity contribution in [2.45, 2.75) is 38.3 Å². The van der Waals surface area contributed by atoms with Crippen LogP contribution in [0.5, 0.6) is 0 Å². The smallest absolute Gasteiger partial charge is 0.131 e. The molecule has 0 amide bonds. The number of pyridine rings is 1. The van der Waals surface area contributed by atoms with Gasteiger partial charge in [-0.3, -0.25) is 0 Å². The second-order valence-electron chi connectivity index (χ2n) is 5.84. The van der Waals surface area contributed by atoms with Crippen molar-refractivity contribution in [1.82, 2.24) is 9.88 Å². The molecule has 1 fully saturated rings. The Labute approximate surface area is 116 Å². The fraction of sp³-hybridized carbons (Fsp3) is 0.667. The molecule has 0 bridgehead atoms. The molecule has 106 valence electrons. The van der Waals surface area contributed by atoms with Crippen LogP contribution in [-0.2, 0) is 6.42 Å². The Bertz CT molecular complexity index is 405. The maximum atomic E-state index is 5.94. The minimum Gasteiger partial charge on any atom is -0.355 e. The molecule has 0 aromatic carbocycles. The van der Waals surface area contributed by atoms with E-state index in [-0.39, 0.29) is 6.04 Å². The van der Waals surface area contributed by atoms with Crippen molar-refractivity contribution in [3.63, 3.8) is 0 Å². The highest BCUT2D eigenvalue weighted by Gasteiger charge is 2.23. The van der Waals surface area contributed by atoms with Crippen molar-refractivity contribution in [3.8, 4) is 0 Å². The fourth-order valence-corrected chi connectivity index (χ4v) is 2.88. The Balaban J connectivity index is 2.15. The third-order valence-electron chi connectivity index (χ3n) is 3.89. The number of nitrogens with two attached hydrogens (primary N) is 1. The van der Waals surface area contributed by atoms with Crippen LogP contribution in [0.1, 0.15) is 25.3 Å². The first-order valence-electron chi connectivity index (χ1n) is 7.18. The molecule has 2 heterocycles. The first kappa shape index (κ1) is 14.3. The monoisotopic (exact) mass is 262 g/mol. The maximum Gasteiger partial charge on any atom is 0.131 e. The molecule has 0 aliphatic carbocycles. The molecule has 0 spiro atoms. The molecule has 1 aliphatic rings. The number of hydrogen-bond donors (Lipinski definition) is 1. The molecule has 1 aromatic heterocycles. The second kappa shape index (κ2) is 6.35. The Kier molecular flexibility index (Phi) is 4.77. The molecule has 2 rings (SSSR count). The SMILES string of the molecule is CC(N)Cc1cccnc1N(C)C1CCCN(C)C1. The van der Waals surface area contributed by atoms with E-state index in [2.05, 4.69) is 34.9 Å². The summed E-state index contributed by atoms with van der Waals surface area (Å²) in [5, 5.41) is 0. The number of aromatic nitrogens is 1. The van der Waals surface area contributed by atoms with E-state index < -0.39 is 0 Å². The minimum absolute atomic E-state index is 0.172. The summed E-state index contributed by atoms with van der Waals surface area (Å²) >= 11 is 0. The van der Waals surface area contributed by atoms with Gasteiger partial charge < -0.3 is 15.5 Å². The van der Waals surface area contributed by atoms with Gasteiger partial charge >= 0.3 is 0 Å². The van der Waals surface area contributed by atoms with Crippen molar-refractivity contribution in [3.05, 3.63) is 23.9 Å². The third-order valence-corrected chi connectivity index (χ3v) is 3.89. The van der Waals surface area contributed by atoms with Crippen LogP contribution in [0.2, 0.25) is 0 Å². The molecular formula is C15H26N4. The standard InChI is InChI=1S/C15H26N4/c1-12(16)10-13-6-4-8-17-15(13)19(3)14-7-5-9-18(2)11-14/h4,6,8,12,14H,5,7,9-11,16H2,1-3H3. The highest BCUT2D eigenvalue weighted by atomic mass is 15.2. The summed E-state index contributed by atoms with van der Waals surface area (Å²) in [5.74, 6) is 1.10. The maximum absolute atomic E-state index is 5.94. The highest BCUT2D eigenvalue weighted by molar-refractivity contribution is 5.47. The summed E-state index contributed by atoms with van der Waals surface area (Å²) in [6.07, 6.45) is 5.27. The lowest BCUT2D eigenvalue weighted by Crippen LogP contribution is -2.45. The molecule has 0 saturated carbocycles. The summed E-state index contributed by atoms with van der Waals surface area (Å²) in [6, 6.07) is 4.88. The predicted molar refractivity (Wildman–Crippen MR) is 80.5 cm³/mol. The molecule has 2 unspecified atom stereocenters. The van der Waals surface area contributed by atoms with E-state index in [1.807, 2.05) is 19.2 Å². The Morgan fingerprint density at radius 3 is 3.05 bits per heavy atom. The number of likely N-dealkylation sites (tertiary alicyclic amines) is 1. The Morgan fingerprint density at radius 2 is 2.37 bits per heavy atom. The van der Waals surface area contributed by atoms with Gasteiger partial charge in [0, 0.05) is 31.9 Å². The van der Waals surface area contributed by atoms with Gasteiger partial charge in [0.25, 0.3) is 0 Å². The van der Waals surface area contributed by atoms with Gasteiger partial charge in [0.2, 0.25) is 0 Å². The lowest BCUT2D eigenvalue weighted by atomic mass is 10.0.